The fraction of sp³-hybridized carbons (Fsp3) is 0.857. The Morgan fingerprint density at radius 1 is 1.47 bits per heavy atom. The molecule has 0 spiro atoms. The van der Waals surface area contributed by atoms with E-state index in [4.69, 9.17) is 10.5 Å². The highest BCUT2D eigenvalue weighted by Gasteiger charge is 2.11. The summed E-state index contributed by atoms with van der Waals surface area (Å²) in [6, 6.07) is 0. The monoisotopic (exact) mass is 240 g/mol. The van der Waals surface area contributed by atoms with Crippen molar-refractivity contribution in [1.82, 2.24) is 4.89 Å². The lowest BCUT2D eigenvalue weighted by molar-refractivity contribution is -0.123. The fourth-order valence-electron chi connectivity index (χ4n) is 0.626. The molecule has 1 amide bonds. The van der Waals surface area contributed by atoms with Gasteiger partial charge in [-0.15, -0.1) is 0 Å². The standard InChI is InChI=1S/C7H16N2O5S/c1-6(2)13-3-4-15(11,12)9-14-5-7(8)10/h6,9H,3-5H2,1-2H3,(H2,8,10). The van der Waals surface area contributed by atoms with Gasteiger partial charge in [-0.1, -0.05) is 4.89 Å². The van der Waals surface area contributed by atoms with E-state index in [1.807, 2.05) is 0 Å². The molecule has 0 atom stereocenters. The van der Waals surface area contributed by atoms with Crippen LogP contribution in [0.3, 0.4) is 0 Å². The van der Waals surface area contributed by atoms with Crippen molar-refractivity contribution in [1.29, 1.82) is 0 Å². The van der Waals surface area contributed by atoms with E-state index in [1.165, 1.54) is 0 Å². The molecule has 15 heavy (non-hydrogen) atoms. The van der Waals surface area contributed by atoms with Crippen LogP contribution < -0.4 is 10.6 Å². The smallest absolute Gasteiger partial charge is 0.245 e. The highest BCUT2D eigenvalue weighted by atomic mass is 32.2. The number of sulfonamides is 1. The fourth-order valence-corrected chi connectivity index (χ4v) is 1.26. The molecule has 0 unspecified atom stereocenters. The van der Waals surface area contributed by atoms with Gasteiger partial charge < -0.3 is 10.5 Å². The van der Waals surface area contributed by atoms with Crippen LogP contribution in [0.1, 0.15) is 13.8 Å². The molecule has 0 saturated heterocycles. The molecular formula is C7H16N2O5S. The van der Waals surface area contributed by atoms with E-state index in [-0.39, 0.29) is 18.5 Å². The van der Waals surface area contributed by atoms with Gasteiger partial charge in [-0.3, -0.25) is 9.63 Å². The number of nitrogens with one attached hydrogen (secondary N) is 1. The predicted octanol–water partition coefficient (Wildman–Crippen LogP) is -1.25. The first-order chi connectivity index (χ1) is 6.83. The largest absolute Gasteiger partial charge is 0.378 e. The Labute approximate surface area is 88.9 Å². The molecule has 0 heterocycles. The normalized spacial score (nSPS) is 11.9. The molecule has 90 valence electrons. The van der Waals surface area contributed by atoms with Crippen molar-refractivity contribution >= 4 is 15.9 Å². The molecule has 0 bridgehead atoms. The molecule has 0 saturated carbocycles. The second-order valence-electron chi connectivity index (χ2n) is 3.08. The lowest BCUT2D eigenvalue weighted by Gasteiger charge is -2.08. The number of hydrogen-bond acceptors (Lipinski definition) is 5. The van der Waals surface area contributed by atoms with Gasteiger partial charge in [-0.25, -0.2) is 8.42 Å². The molecule has 0 aromatic carbocycles. The second-order valence-corrected chi connectivity index (χ2v) is 4.88. The van der Waals surface area contributed by atoms with Crippen LogP contribution in [0.2, 0.25) is 0 Å². The lowest BCUT2D eigenvalue weighted by atomic mass is 10.5. The van der Waals surface area contributed by atoms with Crippen LogP contribution in [0.25, 0.3) is 0 Å². The van der Waals surface area contributed by atoms with Crippen molar-refractivity contribution in [3.8, 4) is 0 Å². The topological polar surface area (TPSA) is 108 Å². The molecule has 0 aliphatic carbocycles. The summed E-state index contributed by atoms with van der Waals surface area (Å²) < 4.78 is 27.3. The molecule has 8 heteroatoms. The van der Waals surface area contributed by atoms with Crippen molar-refractivity contribution in [3.05, 3.63) is 0 Å². The van der Waals surface area contributed by atoms with E-state index in [0.29, 0.717) is 0 Å². The minimum Gasteiger partial charge on any atom is -0.378 e. The van der Waals surface area contributed by atoms with E-state index < -0.39 is 22.5 Å². The van der Waals surface area contributed by atoms with E-state index >= 15 is 0 Å². The van der Waals surface area contributed by atoms with E-state index in [1.54, 1.807) is 18.7 Å². The summed E-state index contributed by atoms with van der Waals surface area (Å²) in [4.78, 5) is 16.3. The maximum Gasteiger partial charge on any atom is 0.245 e. The molecule has 0 rings (SSSR count). The van der Waals surface area contributed by atoms with Crippen molar-refractivity contribution in [2.45, 2.75) is 20.0 Å². The number of carbonyl (C=O) groups is 1. The van der Waals surface area contributed by atoms with Gasteiger partial charge in [0.15, 0.2) is 0 Å². The van der Waals surface area contributed by atoms with E-state index in [0.717, 1.165) is 0 Å². The van der Waals surface area contributed by atoms with Crippen LogP contribution in [0.15, 0.2) is 0 Å². The number of carbonyl (C=O) groups excluding carboxylic acids is 1. The van der Waals surface area contributed by atoms with E-state index in [2.05, 4.69) is 4.84 Å². The van der Waals surface area contributed by atoms with Crippen LogP contribution in [0.5, 0.6) is 0 Å². The number of hydrogen-bond donors (Lipinski definition) is 2. The zero-order chi connectivity index (χ0) is 11.9. The van der Waals surface area contributed by atoms with Crippen LogP contribution in [-0.4, -0.2) is 39.4 Å². The summed E-state index contributed by atoms with van der Waals surface area (Å²) in [6.45, 7) is 3.16. The zero-order valence-corrected chi connectivity index (χ0v) is 9.54. The molecule has 0 radical (unpaired) electrons. The molecule has 7 nitrogen and oxygen atoms in total. The number of ether oxygens (including phenoxy) is 1. The van der Waals surface area contributed by atoms with Crippen molar-refractivity contribution < 1.29 is 22.8 Å². The minimum atomic E-state index is -3.58. The average Bonchev–Trinajstić information content (AvgIpc) is 2.01. The maximum atomic E-state index is 11.1. The zero-order valence-electron chi connectivity index (χ0n) is 8.73. The molecule has 0 fully saturated rings. The van der Waals surface area contributed by atoms with Crippen molar-refractivity contribution in [2.75, 3.05) is 19.0 Å². The van der Waals surface area contributed by atoms with Gasteiger partial charge in [0.05, 0.1) is 18.5 Å². The first kappa shape index (κ1) is 14.3. The Bertz CT molecular complexity index is 288. The summed E-state index contributed by atoms with van der Waals surface area (Å²) in [7, 11) is -3.58. The van der Waals surface area contributed by atoms with Gasteiger partial charge in [0.2, 0.25) is 15.9 Å². The van der Waals surface area contributed by atoms with Crippen LogP contribution in [-0.2, 0) is 24.4 Å². The summed E-state index contributed by atoms with van der Waals surface area (Å²) in [5, 5.41) is 0. The van der Waals surface area contributed by atoms with E-state index in [9.17, 15) is 13.2 Å². The molecule has 0 aliphatic rings. The Hall–Kier alpha value is -0.700. The second kappa shape index (κ2) is 6.72. The van der Waals surface area contributed by atoms with Gasteiger partial charge in [-0.05, 0) is 13.8 Å². The highest BCUT2D eigenvalue weighted by molar-refractivity contribution is 7.89. The van der Waals surface area contributed by atoms with Gasteiger partial charge in [0.1, 0.15) is 6.61 Å². The number of amides is 1. The van der Waals surface area contributed by atoms with Gasteiger partial charge >= 0.3 is 0 Å². The lowest BCUT2D eigenvalue weighted by Crippen LogP contribution is -2.32. The van der Waals surface area contributed by atoms with Crippen molar-refractivity contribution in [2.24, 2.45) is 5.73 Å². The molecule has 0 aliphatic heterocycles. The van der Waals surface area contributed by atoms with Gasteiger partial charge in [0.25, 0.3) is 0 Å². The van der Waals surface area contributed by atoms with Crippen LogP contribution >= 0.6 is 0 Å². The quantitative estimate of drug-likeness (QED) is 0.515. The molecular weight excluding hydrogens is 224 g/mol. The summed E-state index contributed by atoms with van der Waals surface area (Å²) in [6.07, 6.45) is -0.0354. The van der Waals surface area contributed by atoms with Gasteiger partial charge in [0, 0.05) is 0 Å². The van der Waals surface area contributed by atoms with Crippen LogP contribution in [0, 0.1) is 0 Å². The summed E-state index contributed by atoms with van der Waals surface area (Å²) >= 11 is 0. The average molecular weight is 240 g/mol. The third-order valence-electron chi connectivity index (χ3n) is 1.20. The Morgan fingerprint density at radius 2 is 2.07 bits per heavy atom. The Balaban J connectivity index is 3.73. The summed E-state index contributed by atoms with van der Waals surface area (Å²) in [5.74, 6) is -0.986. The van der Waals surface area contributed by atoms with Crippen LogP contribution in [0.4, 0.5) is 0 Å². The predicted molar refractivity (Wildman–Crippen MR) is 53.2 cm³/mol. The Morgan fingerprint density at radius 3 is 2.53 bits per heavy atom. The number of rotatable bonds is 8. The summed E-state index contributed by atoms with van der Waals surface area (Å²) in [5.41, 5.74) is 4.74. The maximum absolute atomic E-state index is 11.1. The Kier molecular flexibility index (Phi) is 6.41. The molecule has 3 N–H and O–H groups in total. The third-order valence-corrected chi connectivity index (χ3v) is 2.28. The molecule has 0 aromatic rings. The SMILES string of the molecule is CC(C)OCCS(=O)(=O)NOCC(N)=O. The first-order valence-electron chi connectivity index (χ1n) is 4.34. The highest BCUT2D eigenvalue weighted by Crippen LogP contribution is 1.90. The van der Waals surface area contributed by atoms with Crippen molar-refractivity contribution in [3.63, 3.8) is 0 Å². The molecule has 0 aromatic heterocycles. The first-order valence-corrected chi connectivity index (χ1v) is 6.00. The number of primary amides is 1. The number of nitrogens with two attached hydrogens (primary N) is 1. The van der Waals surface area contributed by atoms with Gasteiger partial charge in [-0.2, -0.15) is 0 Å². The third kappa shape index (κ3) is 9.60. The minimum absolute atomic E-state index is 0.0354.